The number of amides is 1. The maximum Gasteiger partial charge on any atom is 0.254 e. The summed E-state index contributed by atoms with van der Waals surface area (Å²) in [5.74, 6) is 1.25. The molecular weight excluding hydrogens is 358 g/mol. The van der Waals surface area contributed by atoms with Crippen LogP contribution in [-0.2, 0) is 4.79 Å². The molecule has 1 saturated heterocycles. The number of benzene rings is 1. The third kappa shape index (κ3) is 4.80. The fourth-order valence-electron chi connectivity index (χ4n) is 4.34. The Balaban J connectivity index is 1.81. The topological polar surface area (TPSA) is 44.7 Å². The molecule has 1 aliphatic carbocycles. The van der Waals surface area contributed by atoms with Gasteiger partial charge >= 0.3 is 0 Å². The van der Waals surface area contributed by atoms with Gasteiger partial charge < -0.3 is 10.2 Å². The summed E-state index contributed by atoms with van der Waals surface area (Å²) in [7, 11) is 0. The van der Waals surface area contributed by atoms with Crippen molar-refractivity contribution >= 4 is 12.6 Å². The molecule has 1 aliphatic heterocycles. The number of aryl methyl sites for hydroxylation is 2. The van der Waals surface area contributed by atoms with Crippen LogP contribution in [-0.4, -0.2) is 36.2 Å². The second kappa shape index (κ2) is 8.17. The number of carbonyl (C=O) groups is 1. The summed E-state index contributed by atoms with van der Waals surface area (Å²) in [6, 6.07) is 6.73. The van der Waals surface area contributed by atoms with Crippen molar-refractivity contribution in [1.29, 1.82) is 0 Å². The van der Waals surface area contributed by atoms with Gasteiger partial charge in [-0.3, -0.25) is 4.79 Å². The van der Waals surface area contributed by atoms with Crippen LogP contribution in [0.4, 0.5) is 0 Å². The molecule has 3 rings (SSSR count). The Hall–Kier alpha value is -2.36. The molecule has 29 heavy (non-hydrogen) atoms. The maximum absolute atomic E-state index is 13.5. The highest BCUT2D eigenvalue weighted by Gasteiger charge is 2.38. The van der Waals surface area contributed by atoms with Crippen LogP contribution in [0.15, 0.2) is 45.7 Å². The van der Waals surface area contributed by atoms with Gasteiger partial charge in [0.05, 0.1) is 0 Å². The summed E-state index contributed by atoms with van der Waals surface area (Å²) < 4.78 is 0. The van der Waals surface area contributed by atoms with Crippen molar-refractivity contribution in [3.63, 3.8) is 0 Å². The van der Waals surface area contributed by atoms with E-state index in [0.717, 1.165) is 54.9 Å². The molecule has 1 saturated carbocycles. The molecule has 2 aliphatic rings. The smallest absolute Gasteiger partial charge is 0.254 e. The molecule has 1 N–H and O–H groups in total. The molecule has 0 aromatic heterocycles. The van der Waals surface area contributed by atoms with Gasteiger partial charge in [0.25, 0.3) is 5.91 Å². The van der Waals surface area contributed by atoms with Gasteiger partial charge in [-0.15, -0.1) is 0 Å². The van der Waals surface area contributed by atoms with E-state index < -0.39 is 0 Å². The van der Waals surface area contributed by atoms with E-state index in [1.165, 1.54) is 16.7 Å². The Labute approximate surface area is 175 Å². The van der Waals surface area contributed by atoms with Crippen LogP contribution in [0.5, 0.6) is 0 Å². The van der Waals surface area contributed by atoms with Crippen LogP contribution >= 0.6 is 0 Å². The van der Waals surface area contributed by atoms with Gasteiger partial charge in [0.2, 0.25) is 0 Å². The summed E-state index contributed by atoms with van der Waals surface area (Å²) in [6.45, 7) is 17.8. The first kappa shape index (κ1) is 21.4. The molecule has 0 radical (unpaired) electrons. The van der Waals surface area contributed by atoms with Crippen molar-refractivity contribution in [3.8, 4) is 0 Å². The van der Waals surface area contributed by atoms with Crippen LogP contribution in [0.2, 0.25) is 0 Å². The Morgan fingerprint density at radius 1 is 1.17 bits per heavy atom. The molecule has 1 unspecified atom stereocenters. The fourth-order valence-corrected chi connectivity index (χ4v) is 4.34. The summed E-state index contributed by atoms with van der Waals surface area (Å²) in [5, 5.41) is 3.49. The first-order valence-corrected chi connectivity index (χ1v) is 10.6. The second-order valence-corrected chi connectivity index (χ2v) is 9.35. The minimum absolute atomic E-state index is 0.0926. The highest BCUT2D eigenvalue weighted by atomic mass is 16.2. The average molecular weight is 394 g/mol. The quantitative estimate of drug-likeness (QED) is 0.418. The monoisotopic (exact) mass is 393 g/mol. The van der Waals surface area contributed by atoms with Crippen molar-refractivity contribution < 1.29 is 4.79 Å². The number of hydrogen-bond donors (Lipinski definition) is 1. The average Bonchev–Trinajstić information content (AvgIpc) is 3.17. The van der Waals surface area contributed by atoms with Crippen LogP contribution < -0.4 is 5.32 Å². The van der Waals surface area contributed by atoms with Crippen LogP contribution in [0, 0.1) is 13.8 Å². The molecule has 0 bridgehead atoms. The fraction of sp³-hybridized carbons (Fsp3) is 0.520. The van der Waals surface area contributed by atoms with Gasteiger partial charge in [0, 0.05) is 35.7 Å². The highest BCUT2D eigenvalue weighted by molar-refractivity contribution is 5.98. The number of nitrogens with one attached hydrogen (secondary N) is 1. The molecule has 4 nitrogen and oxygen atoms in total. The Morgan fingerprint density at radius 2 is 1.79 bits per heavy atom. The number of nitrogens with zero attached hydrogens (tertiary/aromatic N) is 2. The molecule has 4 heteroatoms. The van der Waals surface area contributed by atoms with E-state index in [0.29, 0.717) is 5.92 Å². The van der Waals surface area contributed by atoms with Gasteiger partial charge in [0.15, 0.2) is 0 Å². The van der Waals surface area contributed by atoms with Gasteiger partial charge in [-0.1, -0.05) is 34.9 Å². The van der Waals surface area contributed by atoms with E-state index in [1.54, 1.807) is 0 Å². The summed E-state index contributed by atoms with van der Waals surface area (Å²) in [6.07, 6.45) is 3.26. The number of likely N-dealkylation sites (tertiary alicyclic amines) is 1. The van der Waals surface area contributed by atoms with E-state index in [9.17, 15) is 4.79 Å². The summed E-state index contributed by atoms with van der Waals surface area (Å²) in [5.41, 5.74) is 6.70. The Kier molecular flexibility index (Phi) is 6.02. The lowest BCUT2D eigenvalue weighted by Gasteiger charge is -2.23. The Morgan fingerprint density at radius 3 is 2.31 bits per heavy atom. The minimum atomic E-state index is 0.0926. The van der Waals surface area contributed by atoms with E-state index >= 15 is 0 Å². The van der Waals surface area contributed by atoms with Gasteiger partial charge in [-0.25, -0.2) is 4.99 Å². The van der Waals surface area contributed by atoms with Crippen LogP contribution in [0.3, 0.4) is 0 Å². The normalized spacial score (nSPS) is 20.8. The molecule has 156 valence electrons. The summed E-state index contributed by atoms with van der Waals surface area (Å²) in [4.78, 5) is 19.7. The zero-order chi connectivity index (χ0) is 21.3. The Bertz CT molecular complexity index is 865. The minimum Gasteiger partial charge on any atom is -0.365 e. The van der Waals surface area contributed by atoms with Crippen LogP contribution in [0.1, 0.15) is 69.6 Å². The lowest BCUT2D eigenvalue weighted by molar-refractivity contribution is -0.125. The molecular formula is C25H35N3O. The molecule has 1 heterocycles. The third-order valence-electron chi connectivity index (χ3n) is 6.21. The van der Waals surface area contributed by atoms with E-state index in [1.807, 2.05) is 25.7 Å². The van der Waals surface area contributed by atoms with E-state index in [4.69, 9.17) is 0 Å². The molecule has 1 aromatic carbocycles. The predicted octanol–water partition coefficient (Wildman–Crippen LogP) is 5.03. The van der Waals surface area contributed by atoms with Crippen molar-refractivity contribution in [2.45, 2.75) is 72.3 Å². The van der Waals surface area contributed by atoms with Gasteiger partial charge in [-0.05, 0) is 73.1 Å². The first-order chi connectivity index (χ1) is 13.6. The molecule has 1 amide bonds. The van der Waals surface area contributed by atoms with Crippen LogP contribution in [0.25, 0.3) is 0 Å². The second-order valence-electron chi connectivity index (χ2n) is 9.35. The third-order valence-corrected chi connectivity index (χ3v) is 6.21. The van der Waals surface area contributed by atoms with Crippen molar-refractivity contribution in [2.75, 3.05) is 13.1 Å². The van der Waals surface area contributed by atoms with Gasteiger partial charge in [-0.2, -0.15) is 0 Å². The number of allylic oxidation sites excluding steroid dienone is 1. The number of aliphatic imine (C=N–C) groups is 1. The number of carbonyl (C=O) groups excluding carboxylic acids is 1. The molecule has 1 atom stereocenters. The zero-order valence-corrected chi connectivity index (χ0v) is 18.9. The SMILES string of the molecule is C=N/C(NC1(C)CC1)=C(\C)C(C(=O)N1CCC(c2cc(C)cc(C)c2)C1)=C(C)C. The van der Waals surface area contributed by atoms with Gasteiger partial charge in [0.1, 0.15) is 5.82 Å². The largest absolute Gasteiger partial charge is 0.365 e. The lowest BCUT2D eigenvalue weighted by Crippen LogP contribution is -2.32. The summed E-state index contributed by atoms with van der Waals surface area (Å²) >= 11 is 0. The molecule has 1 aromatic rings. The van der Waals surface area contributed by atoms with Crippen molar-refractivity contribution in [2.24, 2.45) is 4.99 Å². The zero-order valence-electron chi connectivity index (χ0n) is 18.9. The van der Waals surface area contributed by atoms with E-state index in [2.05, 4.69) is 56.0 Å². The molecule has 2 fully saturated rings. The van der Waals surface area contributed by atoms with Crippen molar-refractivity contribution in [1.82, 2.24) is 10.2 Å². The standard InChI is InChI=1S/C25H35N3O/c1-16(2)22(19(5)23(26-7)27-25(6)9-10-25)24(29)28-11-8-20(15-28)21-13-17(3)12-18(4)14-21/h12-14,20,27H,7-11,15H2,1-6H3/b23-19-. The first-order valence-electron chi connectivity index (χ1n) is 10.6. The van der Waals surface area contributed by atoms with E-state index in [-0.39, 0.29) is 11.4 Å². The molecule has 0 spiro atoms. The number of rotatable bonds is 6. The van der Waals surface area contributed by atoms with Crippen molar-refractivity contribution in [3.05, 3.63) is 57.4 Å². The lowest BCUT2D eigenvalue weighted by atomic mass is 9.95. The predicted molar refractivity (Wildman–Crippen MR) is 121 cm³/mol. The maximum atomic E-state index is 13.5. The number of hydrogen-bond acceptors (Lipinski definition) is 3. The highest BCUT2D eigenvalue weighted by Crippen LogP contribution is 2.37.